The van der Waals surface area contributed by atoms with E-state index in [0.717, 1.165) is 29.6 Å². The number of nitrogens with zero attached hydrogens (tertiary/aromatic N) is 2. The fraction of sp³-hybridized carbons (Fsp3) is 0.500. The number of hydrogen-bond donors (Lipinski definition) is 1. The quantitative estimate of drug-likeness (QED) is 0.882. The van der Waals surface area contributed by atoms with E-state index < -0.39 is 0 Å². The highest BCUT2D eigenvalue weighted by Gasteiger charge is 2.09. The normalized spacial score (nSPS) is 11.7. The summed E-state index contributed by atoms with van der Waals surface area (Å²) in [5.74, 6) is 0.877. The van der Waals surface area contributed by atoms with Gasteiger partial charge in [0, 0.05) is 30.1 Å². The number of H-pyrrole nitrogens is 1. The van der Waals surface area contributed by atoms with Crippen LogP contribution in [0.15, 0.2) is 18.2 Å². The van der Waals surface area contributed by atoms with Crippen molar-refractivity contribution in [1.82, 2.24) is 15.1 Å². The summed E-state index contributed by atoms with van der Waals surface area (Å²) >= 11 is 0. The van der Waals surface area contributed by atoms with Crippen molar-refractivity contribution in [3.63, 3.8) is 0 Å². The summed E-state index contributed by atoms with van der Waals surface area (Å²) in [7, 11) is 3.83. The molecule has 0 spiro atoms. The highest BCUT2D eigenvalue weighted by molar-refractivity contribution is 5.82. The van der Waals surface area contributed by atoms with E-state index in [1.54, 1.807) is 7.11 Å². The third kappa shape index (κ3) is 2.64. The van der Waals surface area contributed by atoms with Gasteiger partial charge in [-0.1, -0.05) is 0 Å². The van der Waals surface area contributed by atoms with Crippen molar-refractivity contribution in [2.45, 2.75) is 26.3 Å². The highest BCUT2D eigenvalue weighted by atomic mass is 16.5. The van der Waals surface area contributed by atoms with Crippen molar-refractivity contribution in [3.05, 3.63) is 23.9 Å². The second-order valence-corrected chi connectivity index (χ2v) is 4.91. The number of ether oxygens (including phenoxy) is 1. The molecular weight excluding hydrogens is 226 g/mol. The second-order valence-electron chi connectivity index (χ2n) is 4.91. The number of aromatic amines is 1. The molecule has 1 N–H and O–H groups in total. The van der Waals surface area contributed by atoms with Crippen molar-refractivity contribution in [2.75, 3.05) is 20.7 Å². The summed E-state index contributed by atoms with van der Waals surface area (Å²) in [5, 5.41) is 8.60. The molecule has 0 saturated carbocycles. The van der Waals surface area contributed by atoms with Crippen LogP contribution in [0.1, 0.15) is 19.5 Å². The lowest BCUT2D eigenvalue weighted by atomic mass is 10.1. The van der Waals surface area contributed by atoms with Gasteiger partial charge in [-0.2, -0.15) is 5.10 Å². The van der Waals surface area contributed by atoms with Crippen LogP contribution in [0.25, 0.3) is 10.9 Å². The van der Waals surface area contributed by atoms with Gasteiger partial charge in [0.15, 0.2) is 0 Å². The van der Waals surface area contributed by atoms with Crippen LogP contribution < -0.4 is 4.74 Å². The molecule has 2 aromatic rings. The van der Waals surface area contributed by atoms with Gasteiger partial charge in [-0.25, -0.2) is 0 Å². The molecule has 0 aliphatic heterocycles. The maximum Gasteiger partial charge on any atom is 0.119 e. The lowest BCUT2D eigenvalue weighted by molar-refractivity contribution is 0.277. The van der Waals surface area contributed by atoms with Crippen LogP contribution in [0.4, 0.5) is 0 Å². The van der Waals surface area contributed by atoms with Gasteiger partial charge >= 0.3 is 0 Å². The molecule has 98 valence electrons. The van der Waals surface area contributed by atoms with Crippen LogP contribution in [-0.2, 0) is 6.42 Å². The van der Waals surface area contributed by atoms with Crippen LogP contribution in [0, 0.1) is 0 Å². The molecule has 0 radical (unpaired) electrons. The van der Waals surface area contributed by atoms with Crippen LogP contribution in [-0.4, -0.2) is 41.8 Å². The van der Waals surface area contributed by atoms with Gasteiger partial charge in [0.05, 0.1) is 12.6 Å². The molecule has 4 heteroatoms. The van der Waals surface area contributed by atoms with E-state index in [1.165, 1.54) is 5.69 Å². The standard InChI is InChI=1S/C14H21N3O/c1-10(2)17(3)8-7-14-12-9-11(18-4)5-6-13(12)15-16-14/h5-6,9-10H,7-8H2,1-4H3,(H,15,16). The van der Waals surface area contributed by atoms with Crippen molar-refractivity contribution >= 4 is 10.9 Å². The Kier molecular flexibility index (Phi) is 3.87. The van der Waals surface area contributed by atoms with E-state index in [-0.39, 0.29) is 0 Å². The SMILES string of the molecule is COc1ccc2n[nH]c(CCN(C)C(C)C)c2c1. The summed E-state index contributed by atoms with van der Waals surface area (Å²) in [5.41, 5.74) is 2.18. The molecule has 1 aromatic heterocycles. The van der Waals surface area contributed by atoms with Gasteiger partial charge < -0.3 is 9.64 Å². The fourth-order valence-electron chi connectivity index (χ4n) is 1.91. The van der Waals surface area contributed by atoms with Crippen molar-refractivity contribution in [2.24, 2.45) is 0 Å². The van der Waals surface area contributed by atoms with Gasteiger partial charge in [-0.3, -0.25) is 5.10 Å². The first-order valence-electron chi connectivity index (χ1n) is 6.33. The minimum Gasteiger partial charge on any atom is -0.497 e. The Morgan fingerprint density at radius 1 is 1.39 bits per heavy atom. The lowest BCUT2D eigenvalue weighted by Crippen LogP contribution is -2.28. The van der Waals surface area contributed by atoms with E-state index in [2.05, 4.69) is 36.0 Å². The first-order valence-corrected chi connectivity index (χ1v) is 6.33. The molecule has 0 atom stereocenters. The van der Waals surface area contributed by atoms with E-state index >= 15 is 0 Å². The zero-order valence-electron chi connectivity index (χ0n) is 11.5. The molecule has 0 bridgehead atoms. The molecule has 0 fully saturated rings. The second kappa shape index (κ2) is 5.40. The van der Waals surface area contributed by atoms with E-state index in [1.807, 2.05) is 18.2 Å². The number of hydrogen-bond acceptors (Lipinski definition) is 3. The Morgan fingerprint density at radius 3 is 2.83 bits per heavy atom. The number of fused-ring (bicyclic) bond motifs is 1. The number of aromatic nitrogens is 2. The minimum atomic E-state index is 0.564. The zero-order valence-corrected chi connectivity index (χ0v) is 11.5. The lowest BCUT2D eigenvalue weighted by Gasteiger charge is -2.20. The highest BCUT2D eigenvalue weighted by Crippen LogP contribution is 2.22. The smallest absolute Gasteiger partial charge is 0.119 e. The molecule has 0 aliphatic carbocycles. The molecule has 4 nitrogen and oxygen atoms in total. The number of nitrogens with one attached hydrogen (secondary N) is 1. The van der Waals surface area contributed by atoms with E-state index in [0.29, 0.717) is 6.04 Å². The molecule has 18 heavy (non-hydrogen) atoms. The third-order valence-corrected chi connectivity index (χ3v) is 3.44. The Hall–Kier alpha value is -1.55. The molecule has 0 unspecified atom stereocenters. The van der Waals surface area contributed by atoms with Crippen molar-refractivity contribution in [3.8, 4) is 5.75 Å². The number of methoxy groups -OCH3 is 1. The maximum atomic E-state index is 5.26. The summed E-state index contributed by atoms with van der Waals surface area (Å²) in [4.78, 5) is 2.33. The van der Waals surface area contributed by atoms with Gasteiger partial charge in [-0.05, 0) is 39.1 Å². The summed E-state index contributed by atoms with van der Waals surface area (Å²) in [6, 6.07) is 6.53. The van der Waals surface area contributed by atoms with Crippen LogP contribution >= 0.6 is 0 Å². The minimum absolute atomic E-state index is 0.564. The molecule has 1 aromatic carbocycles. The first kappa shape index (κ1) is 12.9. The van der Waals surface area contributed by atoms with Gasteiger partial charge in [-0.15, -0.1) is 0 Å². The molecule has 0 amide bonds. The molecule has 2 rings (SSSR count). The van der Waals surface area contributed by atoms with Gasteiger partial charge in [0.1, 0.15) is 5.75 Å². The molecule has 0 aliphatic rings. The maximum absolute atomic E-state index is 5.26. The summed E-state index contributed by atoms with van der Waals surface area (Å²) in [6.07, 6.45) is 0.971. The molecule has 0 saturated heterocycles. The number of rotatable bonds is 5. The average molecular weight is 247 g/mol. The predicted molar refractivity (Wildman–Crippen MR) is 74.1 cm³/mol. The van der Waals surface area contributed by atoms with Gasteiger partial charge in [0.25, 0.3) is 0 Å². The average Bonchev–Trinajstić information content (AvgIpc) is 2.77. The number of benzene rings is 1. The Labute approximate surface area is 108 Å². The summed E-state index contributed by atoms with van der Waals surface area (Å²) in [6.45, 7) is 5.42. The topological polar surface area (TPSA) is 41.1 Å². The van der Waals surface area contributed by atoms with Crippen molar-refractivity contribution in [1.29, 1.82) is 0 Å². The molecular formula is C14H21N3O. The Bertz CT molecular complexity index is 519. The third-order valence-electron chi connectivity index (χ3n) is 3.44. The monoisotopic (exact) mass is 247 g/mol. The van der Waals surface area contributed by atoms with Gasteiger partial charge in [0.2, 0.25) is 0 Å². The van der Waals surface area contributed by atoms with E-state index in [9.17, 15) is 0 Å². The summed E-state index contributed by atoms with van der Waals surface area (Å²) < 4.78 is 5.26. The van der Waals surface area contributed by atoms with Crippen LogP contribution in [0.3, 0.4) is 0 Å². The fourth-order valence-corrected chi connectivity index (χ4v) is 1.91. The number of likely N-dealkylation sites (N-methyl/N-ethyl adjacent to an activating group) is 1. The largest absolute Gasteiger partial charge is 0.497 e. The Balaban J connectivity index is 2.18. The molecule has 1 heterocycles. The van der Waals surface area contributed by atoms with Crippen LogP contribution in [0.5, 0.6) is 5.75 Å². The first-order chi connectivity index (χ1) is 8.61. The van der Waals surface area contributed by atoms with Crippen LogP contribution in [0.2, 0.25) is 0 Å². The zero-order chi connectivity index (χ0) is 13.1. The van der Waals surface area contributed by atoms with E-state index in [4.69, 9.17) is 4.74 Å². The predicted octanol–water partition coefficient (Wildman–Crippen LogP) is 2.45. The van der Waals surface area contributed by atoms with Crippen molar-refractivity contribution < 1.29 is 4.74 Å². The Morgan fingerprint density at radius 2 is 2.17 bits per heavy atom.